The number of pyridine rings is 1. The van der Waals surface area contributed by atoms with Crippen molar-refractivity contribution in [2.24, 2.45) is 0 Å². The minimum absolute atomic E-state index is 0.371. The minimum Gasteiger partial charge on any atom is -0.306 e. The van der Waals surface area contributed by atoms with Crippen LogP contribution < -0.4 is 5.32 Å². The van der Waals surface area contributed by atoms with Gasteiger partial charge in [0.15, 0.2) is 0 Å². The van der Waals surface area contributed by atoms with E-state index in [1.807, 2.05) is 6.20 Å². The standard InChI is InChI=1S/C15H21N3S/c1-11(17-13-4-3-6-18(2)10-13)12-8-15-14(16-9-12)5-7-19-15/h5,7-9,11,13,17H,3-4,6,10H2,1-2H3. The van der Waals surface area contributed by atoms with Crippen molar-refractivity contribution >= 4 is 21.6 Å². The van der Waals surface area contributed by atoms with Crippen molar-refractivity contribution in [2.45, 2.75) is 31.8 Å². The topological polar surface area (TPSA) is 28.2 Å². The van der Waals surface area contributed by atoms with E-state index in [4.69, 9.17) is 0 Å². The van der Waals surface area contributed by atoms with Gasteiger partial charge in [-0.3, -0.25) is 4.98 Å². The molecule has 3 heterocycles. The van der Waals surface area contributed by atoms with Crippen molar-refractivity contribution < 1.29 is 0 Å². The van der Waals surface area contributed by atoms with Crippen LogP contribution in [0.25, 0.3) is 10.2 Å². The van der Waals surface area contributed by atoms with E-state index in [0.29, 0.717) is 12.1 Å². The highest BCUT2D eigenvalue weighted by Gasteiger charge is 2.19. The summed E-state index contributed by atoms with van der Waals surface area (Å²) in [5.74, 6) is 0. The lowest BCUT2D eigenvalue weighted by molar-refractivity contribution is 0.218. The molecule has 2 aromatic rings. The molecule has 19 heavy (non-hydrogen) atoms. The first-order chi connectivity index (χ1) is 9.22. The molecule has 102 valence electrons. The largest absolute Gasteiger partial charge is 0.306 e. The van der Waals surface area contributed by atoms with Gasteiger partial charge >= 0.3 is 0 Å². The highest BCUT2D eigenvalue weighted by atomic mass is 32.1. The second-order valence-corrected chi connectivity index (χ2v) is 6.51. The maximum atomic E-state index is 4.53. The second kappa shape index (κ2) is 5.57. The zero-order valence-electron chi connectivity index (χ0n) is 11.6. The van der Waals surface area contributed by atoms with E-state index >= 15 is 0 Å². The molecule has 1 N–H and O–H groups in total. The van der Waals surface area contributed by atoms with Gasteiger partial charge < -0.3 is 10.2 Å². The lowest BCUT2D eigenvalue weighted by Crippen LogP contribution is -2.44. The highest BCUT2D eigenvalue weighted by molar-refractivity contribution is 7.17. The smallest absolute Gasteiger partial charge is 0.0809 e. The summed E-state index contributed by atoms with van der Waals surface area (Å²) in [5, 5.41) is 5.85. The van der Waals surface area contributed by atoms with Gasteiger partial charge in [0.1, 0.15) is 0 Å². The van der Waals surface area contributed by atoms with Gasteiger partial charge in [-0.1, -0.05) is 0 Å². The molecule has 0 bridgehead atoms. The number of likely N-dealkylation sites (tertiary alicyclic amines) is 1. The summed E-state index contributed by atoms with van der Waals surface area (Å²) in [6, 6.07) is 5.33. The Labute approximate surface area is 118 Å². The molecule has 0 radical (unpaired) electrons. The molecule has 2 atom stereocenters. The first-order valence-corrected chi connectivity index (χ1v) is 7.88. The molecule has 3 nitrogen and oxygen atoms in total. The summed E-state index contributed by atoms with van der Waals surface area (Å²) in [4.78, 5) is 6.94. The van der Waals surface area contributed by atoms with E-state index < -0.39 is 0 Å². The summed E-state index contributed by atoms with van der Waals surface area (Å²) in [7, 11) is 2.21. The Bertz CT molecular complexity index is 551. The fourth-order valence-corrected chi connectivity index (χ4v) is 3.64. The van der Waals surface area contributed by atoms with Gasteiger partial charge in [-0.15, -0.1) is 11.3 Å². The fourth-order valence-electron chi connectivity index (χ4n) is 2.85. The maximum absolute atomic E-state index is 4.53. The Kier molecular flexibility index (Phi) is 3.82. The summed E-state index contributed by atoms with van der Waals surface area (Å²) in [6.45, 7) is 4.62. The molecule has 0 spiro atoms. The monoisotopic (exact) mass is 275 g/mol. The van der Waals surface area contributed by atoms with Crippen LogP contribution in [0.1, 0.15) is 31.4 Å². The van der Waals surface area contributed by atoms with Gasteiger partial charge in [0.2, 0.25) is 0 Å². The number of thiophene rings is 1. The van der Waals surface area contributed by atoms with Crippen molar-refractivity contribution in [3.8, 4) is 0 Å². The molecule has 0 aliphatic carbocycles. The van der Waals surface area contributed by atoms with Gasteiger partial charge in [0.25, 0.3) is 0 Å². The van der Waals surface area contributed by atoms with Crippen LogP contribution in [-0.4, -0.2) is 36.1 Å². The molecule has 0 amide bonds. The number of fused-ring (bicyclic) bond motifs is 1. The summed E-state index contributed by atoms with van der Waals surface area (Å²) in [5.41, 5.74) is 2.40. The third-order valence-corrected chi connectivity index (χ3v) is 4.79. The van der Waals surface area contributed by atoms with Crippen LogP contribution in [-0.2, 0) is 0 Å². The first kappa shape index (κ1) is 13.0. The quantitative estimate of drug-likeness (QED) is 0.933. The van der Waals surface area contributed by atoms with Gasteiger partial charge in [-0.25, -0.2) is 0 Å². The first-order valence-electron chi connectivity index (χ1n) is 7.00. The Morgan fingerprint density at radius 1 is 1.53 bits per heavy atom. The molecule has 2 unspecified atom stereocenters. The van der Waals surface area contributed by atoms with Crippen LogP contribution in [0, 0.1) is 0 Å². The van der Waals surface area contributed by atoms with Crippen LogP contribution >= 0.6 is 11.3 Å². The SMILES string of the molecule is CC(NC1CCCN(C)C1)c1cnc2ccsc2c1. The van der Waals surface area contributed by atoms with Crippen molar-refractivity contribution in [3.05, 3.63) is 29.3 Å². The fraction of sp³-hybridized carbons (Fsp3) is 0.533. The third-order valence-electron chi connectivity index (χ3n) is 3.93. The molecule has 1 aliphatic heterocycles. The molecule has 3 rings (SSSR count). The summed E-state index contributed by atoms with van der Waals surface area (Å²) >= 11 is 1.77. The van der Waals surface area contributed by atoms with Crippen LogP contribution in [0.5, 0.6) is 0 Å². The van der Waals surface area contributed by atoms with E-state index in [0.717, 1.165) is 12.1 Å². The molecule has 2 aromatic heterocycles. The lowest BCUT2D eigenvalue weighted by Gasteiger charge is -2.32. The number of rotatable bonds is 3. The molecule has 1 saturated heterocycles. The number of hydrogen-bond acceptors (Lipinski definition) is 4. The number of likely N-dealkylation sites (N-methyl/N-ethyl adjacent to an activating group) is 1. The normalized spacial score (nSPS) is 22.7. The Morgan fingerprint density at radius 2 is 2.42 bits per heavy atom. The molecule has 1 aliphatic rings. The van der Waals surface area contributed by atoms with Crippen molar-refractivity contribution in [3.63, 3.8) is 0 Å². The van der Waals surface area contributed by atoms with Gasteiger partial charge in [-0.05, 0) is 56.4 Å². The number of piperidine rings is 1. The van der Waals surface area contributed by atoms with Crippen molar-refractivity contribution in [1.29, 1.82) is 0 Å². The van der Waals surface area contributed by atoms with Crippen molar-refractivity contribution in [2.75, 3.05) is 20.1 Å². The van der Waals surface area contributed by atoms with Crippen LogP contribution in [0.2, 0.25) is 0 Å². The summed E-state index contributed by atoms with van der Waals surface area (Å²) in [6.07, 6.45) is 4.59. The Balaban J connectivity index is 1.70. The maximum Gasteiger partial charge on any atom is 0.0809 e. The molecular weight excluding hydrogens is 254 g/mol. The van der Waals surface area contributed by atoms with Gasteiger partial charge in [-0.2, -0.15) is 0 Å². The number of nitrogens with zero attached hydrogens (tertiary/aromatic N) is 2. The summed E-state index contributed by atoms with van der Waals surface area (Å²) < 4.78 is 1.28. The van der Waals surface area contributed by atoms with Crippen LogP contribution in [0.3, 0.4) is 0 Å². The van der Waals surface area contributed by atoms with E-state index in [1.54, 1.807) is 11.3 Å². The van der Waals surface area contributed by atoms with Gasteiger partial charge in [0, 0.05) is 24.8 Å². The van der Waals surface area contributed by atoms with E-state index in [1.165, 1.54) is 29.6 Å². The highest BCUT2D eigenvalue weighted by Crippen LogP contribution is 2.23. The molecule has 0 aromatic carbocycles. The number of nitrogens with one attached hydrogen (secondary N) is 1. The van der Waals surface area contributed by atoms with Crippen molar-refractivity contribution in [1.82, 2.24) is 15.2 Å². The predicted molar refractivity (Wildman–Crippen MR) is 81.7 cm³/mol. The molecule has 4 heteroatoms. The van der Waals surface area contributed by atoms with E-state index in [9.17, 15) is 0 Å². The molecule has 1 fully saturated rings. The second-order valence-electron chi connectivity index (χ2n) is 5.56. The average Bonchev–Trinajstić information content (AvgIpc) is 2.85. The third kappa shape index (κ3) is 2.96. The zero-order valence-corrected chi connectivity index (χ0v) is 12.4. The molecular formula is C15H21N3S. The van der Waals surface area contributed by atoms with Gasteiger partial charge in [0.05, 0.1) is 10.2 Å². The van der Waals surface area contributed by atoms with Crippen LogP contribution in [0.4, 0.5) is 0 Å². The lowest BCUT2D eigenvalue weighted by atomic mass is 10.0. The van der Waals surface area contributed by atoms with E-state index in [2.05, 4.69) is 46.7 Å². The zero-order chi connectivity index (χ0) is 13.2. The minimum atomic E-state index is 0.371. The predicted octanol–water partition coefficient (Wildman–Crippen LogP) is 3.04. The molecule has 0 saturated carbocycles. The van der Waals surface area contributed by atoms with Crippen LogP contribution in [0.15, 0.2) is 23.7 Å². The number of aromatic nitrogens is 1. The Hall–Kier alpha value is -0.970. The average molecular weight is 275 g/mol. The van der Waals surface area contributed by atoms with E-state index in [-0.39, 0.29) is 0 Å². The number of hydrogen-bond donors (Lipinski definition) is 1. The Morgan fingerprint density at radius 3 is 3.26 bits per heavy atom.